The smallest absolute Gasteiger partial charge is 0.273 e. The fraction of sp³-hybridized carbons (Fsp3) is 0.636. The van der Waals surface area contributed by atoms with Crippen molar-refractivity contribution < 1.29 is 18.8 Å². The standard InChI is InChI=1S/C11H16N2O4/c1-11(3-4-16-7-11)12-10(14)9-5-8(6-15-2)17-13-9/h5H,3-4,6-7H2,1-2H3,(H,12,14)/t11-/m1/s1. The van der Waals surface area contributed by atoms with E-state index in [9.17, 15) is 4.79 Å². The molecule has 2 heterocycles. The van der Waals surface area contributed by atoms with Crippen LogP contribution < -0.4 is 5.32 Å². The molecule has 2 rings (SSSR count). The first-order chi connectivity index (χ1) is 8.13. The van der Waals surface area contributed by atoms with Crippen LogP contribution in [0.15, 0.2) is 10.6 Å². The molecular weight excluding hydrogens is 224 g/mol. The highest BCUT2D eigenvalue weighted by Crippen LogP contribution is 2.18. The third-order valence-electron chi connectivity index (χ3n) is 2.71. The van der Waals surface area contributed by atoms with Gasteiger partial charge in [-0.1, -0.05) is 5.16 Å². The summed E-state index contributed by atoms with van der Waals surface area (Å²) in [6, 6.07) is 1.58. The Morgan fingerprint density at radius 2 is 2.53 bits per heavy atom. The number of amides is 1. The van der Waals surface area contributed by atoms with Crippen molar-refractivity contribution in [2.24, 2.45) is 0 Å². The van der Waals surface area contributed by atoms with Crippen molar-refractivity contribution in [1.29, 1.82) is 0 Å². The molecule has 0 aliphatic carbocycles. The van der Waals surface area contributed by atoms with Gasteiger partial charge in [0.2, 0.25) is 0 Å². The number of aromatic nitrogens is 1. The number of rotatable bonds is 4. The van der Waals surface area contributed by atoms with Crippen molar-refractivity contribution in [2.75, 3.05) is 20.3 Å². The van der Waals surface area contributed by atoms with Crippen LogP contribution in [-0.4, -0.2) is 36.9 Å². The molecule has 1 amide bonds. The normalized spacial score (nSPS) is 23.9. The van der Waals surface area contributed by atoms with Crippen molar-refractivity contribution in [3.8, 4) is 0 Å². The molecule has 1 atom stereocenters. The molecule has 0 aromatic carbocycles. The van der Waals surface area contributed by atoms with Crippen LogP contribution in [0.25, 0.3) is 0 Å². The maximum atomic E-state index is 11.9. The maximum Gasteiger partial charge on any atom is 0.273 e. The van der Waals surface area contributed by atoms with E-state index in [2.05, 4.69) is 10.5 Å². The van der Waals surface area contributed by atoms with Gasteiger partial charge in [-0.25, -0.2) is 0 Å². The number of methoxy groups -OCH3 is 1. The topological polar surface area (TPSA) is 73.6 Å². The van der Waals surface area contributed by atoms with Gasteiger partial charge in [0.05, 0.1) is 12.1 Å². The molecule has 0 saturated carbocycles. The molecule has 17 heavy (non-hydrogen) atoms. The van der Waals surface area contributed by atoms with Crippen LogP contribution >= 0.6 is 0 Å². The van der Waals surface area contributed by atoms with E-state index in [0.717, 1.165) is 6.42 Å². The zero-order valence-electron chi connectivity index (χ0n) is 9.99. The molecule has 94 valence electrons. The third-order valence-corrected chi connectivity index (χ3v) is 2.71. The van der Waals surface area contributed by atoms with E-state index in [0.29, 0.717) is 25.6 Å². The molecule has 1 fully saturated rings. The number of hydrogen-bond acceptors (Lipinski definition) is 5. The lowest BCUT2D eigenvalue weighted by Gasteiger charge is -2.22. The number of carbonyl (C=O) groups excluding carboxylic acids is 1. The molecule has 1 aromatic rings. The van der Waals surface area contributed by atoms with Gasteiger partial charge in [-0.2, -0.15) is 0 Å². The van der Waals surface area contributed by atoms with E-state index in [-0.39, 0.29) is 17.1 Å². The molecule has 1 aliphatic rings. The Morgan fingerprint density at radius 3 is 3.18 bits per heavy atom. The first-order valence-electron chi connectivity index (χ1n) is 5.48. The minimum atomic E-state index is -0.308. The van der Waals surface area contributed by atoms with Gasteiger partial charge in [0.15, 0.2) is 11.5 Å². The predicted octanol–water partition coefficient (Wildman–Crippen LogP) is 0.730. The quantitative estimate of drug-likeness (QED) is 0.839. The summed E-state index contributed by atoms with van der Waals surface area (Å²) in [6.45, 7) is 3.46. The highest BCUT2D eigenvalue weighted by molar-refractivity contribution is 5.92. The highest BCUT2D eigenvalue weighted by atomic mass is 16.5. The number of nitrogens with zero attached hydrogens (tertiary/aromatic N) is 1. The molecule has 0 radical (unpaired) electrons. The molecule has 1 saturated heterocycles. The van der Waals surface area contributed by atoms with E-state index < -0.39 is 0 Å². The number of carbonyl (C=O) groups is 1. The van der Waals surface area contributed by atoms with Crippen LogP contribution in [0.4, 0.5) is 0 Å². The average molecular weight is 240 g/mol. The fourth-order valence-corrected chi connectivity index (χ4v) is 1.73. The minimum absolute atomic E-state index is 0.246. The van der Waals surface area contributed by atoms with Crippen molar-refractivity contribution in [2.45, 2.75) is 25.5 Å². The molecule has 1 N–H and O–H groups in total. The third kappa shape index (κ3) is 2.83. The summed E-state index contributed by atoms with van der Waals surface area (Å²) in [5, 5.41) is 6.60. The number of nitrogens with one attached hydrogen (secondary N) is 1. The van der Waals surface area contributed by atoms with Crippen LogP contribution in [0.5, 0.6) is 0 Å². The maximum absolute atomic E-state index is 11.9. The molecule has 0 bridgehead atoms. The molecule has 6 nitrogen and oxygen atoms in total. The Labute approximate surface area is 99.2 Å². The minimum Gasteiger partial charge on any atom is -0.379 e. The SMILES string of the molecule is COCc1cc(C(=O)N[C@]2(C)CCOC2)no1. The predicted molar refractivity (Wildman–Crippen MR) is 58.5 cm³/mol. The monoisotopic (exact) mass is 240 g/mol. The fourth-order valence-electron chi connectivity index (χ4n) is 1.73. The Bertz CT molecular complexity index is 396. The Kier molecular flexibility index (Phi) is 3.44. The summed E-state index contributed by atoms with van der Waals surface area (Å²) >= 11 is 0. The van der Waals surface area contributed by atoms with Gasteiger partial charge in [-0.05, 0) is 13.3 Å². The molecule has 1 aliphatic heterocycles. The Morgan fingerprint density at radius 1 is 1.71 bits per heavy atom. The van der Waals surface area contributed by atoms with Gasteiger partial charge in [-0.15, -0.1) is 0 Å². The zero-order chi connectivity index (χ0) is 12.3. The summed E-state index contributed by atoms with van der Waals surface area (Å²) in [4.78, 5) is 11.9. The van der Waals surface area contributed by atoms with Crippen LogP contribution in [0.3, 0.4) is 0 Å². The second-order valence-electron chi connectivity index (χ2n) is 4.43. The van der Waals surface area contributed by atoms with E-state index in [1.807, 2.05) is 6.92 Å². The van der Waals surface area contributed by atoms with E-state index in [1.165, 1.54) is 0 Å². The van der Waals surface area contributed by atoms with Crippen LogP contribution in [0.1, 0.15) is 29.6 Å². The van der Waals surface area contributed by atoms with Crippen LogP contribution in [0, 0.1) is 0 Å². The van der Waals surface area contributed by atoms with Gasteiger partial charge < -0.3 is 19.3 Å². The summed E-state index contributed by atoms with van der Waals surface area (Å²) < 4.78 is 15.1. The van der Waals surface area contributed by atoms with Crippen LogP contribution in [-0.2, 0) is 16.1 Å². The Hall–Kier alpha value is -1.40. The first-order valence-corrected chi connectivity index (χ1v) is 5.48. The van der Waals surface area contributed by atoms with Crippen molar-refractivity contribution in [3.63, 3.8) is 0 Å². The first kappa shape index (κ1) is 12.1. The largest absolute Gasteiger partial charge is 0.379 e. The van der Waals surface area contributed by atoms with E-state index in [1.54, 1.807) is 13.2 Å². The van der Waals surface area contributed by atoms with E-state index >= 15 is 0 Å². The molecule has 6 heteroatoms. The summed E-state index contributed by atoms with van der Waals surface area (Å²) in [5.41, 5.74) is -0.0394. The van der Waals surface area contributed by atoms with Gasteiger partial charge in [0.1, 0.15) is 6.61 Å². The lowest BCUT2D eigenvalue weighted by atomic mass is 10.0. The van der Waals surface area contributed by atoms with Crippen molar-refractivity contribution >= 4 is 5.91 Å². The van der Waals surface area contributed by atoms with Gasteiger partial charge in [0, 0.05) is 19.8 Å². The van der Waals surface area contributed by atoms with Gasteiger partial charge >= 0.3 is 0 Å². The number of ether oxygens (including phenoxy) is 2. The summed E-state index contributed by atoms with van der Waals surface area (Å²) in [7, 11) is 1.55. The van der Waals surface area contributed by atoms with Crippen LogP contribution in [0.2, 0.25) is 0 Å². The summed E-state index contributed by atoms with van der Waals surface area (Å²) in [5.74, 6) is 0.287. The Balaban J connectivity index is 1.98. The highest BCUT2D eigenvalue weighted by Gasteiger charge is 2.32. The van der Waals surface area contributed by atoms with Gasteiger partial charge in [0.25, 0.3) is 5.91 Å². The average Bonchev–Trinajstić information content (AvgIpc) is 2.88. The molecule has 0 unspecified atom stereocenters. The molecular formula is C11H16N2O4. The second kappa shape index (κ2) is 4.85. The molecule has 0 spiro atoms. The lowest BCUT2D eigenvalue weighted by Crippen LogP contribution is -2.46. The lowest BCUT2D eigenvalue weighted by molar-refractivity contribution is 0.0880. The van der Waals surface area contributed by atoms with Gasteiger partial charge in [-0.3, -0.25) is 4.79 Å². The summed E-state index contributed by atoms with van der Waals surface area (Å²) in [6.07, 6.45) is 0.807. The van der Waals surface area contributed by atoms with Crippen molar-refractivity contribution in [1.82, 2.24) is 10.5 Å². The second-order valence-corrected chi connectivity index (χ2v) is 4.43. The number of hydrogen-bond donors (Lipinski definition) is 1. The molecule has 1 aromatic heterocycles. The zero-order valence-corrected chi connectivity index (χ0v) is 9.99. The van der Waals surface area contributed by atoms with Crippen molar-refractivity contribution in [3.05, 3.63) is 17.5 Å². The van der Waals surface area contributed by atoms with E-state index in [4.69, 9.17) is 14.0 Å².